The molecule has 4 rings (SSSR count). The van der Waals surface area contributed by atoms with Gasteiger partial charge in [0.25, 0.3) is 5.56 Å². The fourth-order valence-corrected chi connectivity index (χ4v) is 4.23. The number of piperazine rings is 1. The predicted molar refractivity (Wildman–Crippen MR) is 120 cm³/mol. The van der Waals surface area contributed by atoms with E-state index in [1.807, 2.05) is 47.0 Å². The Hall–Kier alpha value is -2.37. The molecule has 1 aliphatic heterocycles. The molecule has 0 amide bonds. The number of aromatic nitrogens is 2. The Balaban J connectivity index is 1.28. The van der Waals surface area contributed by atoms with Gasteiger partial charge in [-0.3, -0.25) is 9.69 Å². The second kappa shape index (κ2) is 8.97. The zero-order chi connectivity index (χ0) is 20.2. The summed E-state index contributed by atoms with van der Waals surface area (Å²) >= 11 is 6.12. The number of nitrogens with zero attached hydrogens (tertiary/aromatic N) is 4. The molecule has 152 valence electrons. The van der Waals surface area contributed by atoms with Crippen LogP contribution in [0.5, 0.6) is 0 Å². The van der Waals surface area contributed by atoms with Crippen molar-refractivity contribution in [1.29, 1.82) is 0 Å². The van der Waals surface area contributed by atoms with E-state index in [2.05, 4.69) is 20.9 Å². The Morgan fingerprint density at radius 1 is 0.966 bits per heavy atom. The van der Waals surface area contributed by atoms with Crippen molar-refractivity contribution in [3.8, 4) is 0 Å². The molecule has 0 unspecified atom stereocenters. The van der Waals surface area contributed by atoms with E-state index in [-0.39, 0.29) is 5.56 Å². The summed E-state index contributed by atoms with van der Waals surface area (Å²) in [6.07, 6.45) is 2.07. The molecule has 2 aromatic carbocycles. The van der Waals surface area contributed by atoms with Crippen molar-refractivity contribution in [1.82, 2.24) is 14.5 Å². The maximum Gasteiger partial charge on any atom is 0.272 e. The number of hydrogen-bond acceptors (Lipinski definition) is 4. The van der Waals surface area contributed by atoms with Gasteiger partial charge < -0.3 is 9.47 Å². The summed E-state index contributed by atoms with van der Waals surface area (Å²) < 4.78 is 1.88. The van der Waals surface area contributed by atoms with Crippen LogP contribution in [-0.4, -0.2) is 47.2 Å². The molecule has 0 N–H and O–H groups in total. The van der Waals surface area contributed by atoms with Crippen molar-refractivity contribution < 1.29 is 0 Å². The van der Waals surface area contributed by atoms with Gasteiger partial charge in [0.2, 0.25) is 0 Å². The van der Waals surface area contributed by atoms with Gasteiger partial charge in [-0.15, -0.1) is 0 Å². The largest absolute Gasteiger partial charge is 0.369 e. The lowest BCUT2D eigenvalue weighted by Gasteiger charge is -2.36. The summed E-state index contributed by atoms with van der Waals surface area (Å²) in [5, 5.41) is 0.791. The van der Waals surface area contributed by atoms with Crippen LogP contribution in [0.25, 0.3) is 11.0 Å². The van der Waals surface area contributed by atoms with Gasteiger partial charge in [0.15, 0.2) is 0 Å². The van der Waals surface area contributed by atoms with E-state index in [4.69, 9.17) is 11.6 Å². The number of anilines is 1. The number of benzene rings is 2. The average Bonchev–Trinajstić information content (AvgIpc) is 2.74. The van der Waals surface area contributed by atoms with Crippen LogP contribution in [0, 0.1) is 6.92 Å². The van der Waals surface area contributed by atoms with Crippen molar-refractivity contribution >= 4 is 28.3 Å². The van der Waals surface area contributed by atoms with E-state index in [1.54, 1.807) is 6.92 Å². The molecule has 0 saturated carbocycles. The molecule has 0 atom stereocenters. The lowest BCUT2D eigenvalue weighted by Crippen LogP contribution is -2.46. The van der Waals surface area contributed by atoms with Gasteiger partial charge in [-0.25, -0.2) is 4.98 Å². The number of unbranched alkanes of at least 4 members (excludes halogenated alkanes) is 1. The third kappa shape index (κ3) is 4.62. The standard InChI is InChI=1S/C23H27ClN4O/c1-18-23(29)28(22-10-3-2-9-21(22)25-18)12-5-4-11-26-13-15-27(16-14-26)20-8-6-7-19(24)17-20/h2-3,6-10,17H,4-5,11-16H2,1H3. The minimum absolute atomic E-state index is 0.0267. The highest BCUT2D eigenvalue weighted by Gasteiger charge is 2.17. The first-order valence-electron chi connectivity index (χ1n) is 10.3. The number of aryl methyl sites for hydroxylation is 2. The van der Waals surface area contributed by atoms with Gasteiger partial charge in [-0.05, 0) is 56.6 Å². The molecule has 3 aromatic rings. The second-order valence-electron chi connectivity index (χ2n) is 7.66. The Labute approximate surface area is 176 Å². The summed E-state index contributed by atoms with van der Waals surface area (Å²) in [6, 6.07) is 16.0. The zero-order valence-electron chi connectivity index (χ0n) is 16.9. The number of rotatable bonds is 6. The summed E-state index contributed by atoms with van der Waals surface area (Å²) in [4.78, 5) is 21.9. The molecule has 2 heterocycles. The van der Waals surface area contributed by atoms with E-state index in [9.17, 15) is 4.79 Å². The first-order chi connectivity index (χ1) is 14.1. The minimum atomic E-state index is 0.0267. The van der Waals surface area contributed by atoms with Crippen molar-refractivity contribution in [2.45, 2.75) is 26.3 Å². The number of para-hydroxylation sites is 2. The SMILES string of the molecule is Cc1nc2ccccc2n(CCCCN2CCN(c3cccc(Cl)c3)CC2)c1=O. The first kappa shape index (κ1) is 19.9. The summed E-state index contributed by atoms with van der Waals surface area (Å²) in [7, 11) is 0. The molecule has 6 heteroatoms. The van der Waals surface area contributed by atoms with Crippen molar-refractivity contribution in [3.63, 3.8) is 0 Å². The monoisotopic (exact) mass is 410 g/mol. The topological polar surface area (TPSA) is 41.4 Å². The summed E-state index contributed by atoms with van der Waals surface area (Å²) in [5.41, 5.74) is 3.62. The molecule has 1 aliphatic rings. The minimum Gasteiger partial charge on any atom is -0.369 e. The highest BCUT2D eigenvalue weighted by molar-refractivity contribution is 6.30. The van der Waals surface area contributed by atoms with Crippen molar-refractivity contribution in [2.75, 3.05) is 37.6 Å². The lowest BCUT2D eigenvalue weighted by atomic mass is 10.2. The molecule has 0 bridgehead atoms. The third-order valence-corrected chi connectivity index (χ3v) is 5.90. The fraction of sp³-hybridized carbons (Fsp3) is 0.391. The molecule has 0 aliphatic carbocycles. The normalized spacial score (nSPS) is 15.2. The van der Waals surface area contributed by atoms with E-state index < -0.39 is 0 Å². The highest BCUT2D eigenvalue weighted by Crippen LogP contribution is 2.21. The first-order valence-corrected chi connectivity index (χ1v) is 10.7. The van der Waals surface area contributed by atoms with Gasteiger partial charge in [-0.1, -0.05) is 29.8 Å². The van der Waals surface area contributed by atoms with E-state index in [0.717, 1.165) is 68.2 Å². The number of hydrogen-bond donors (Lipinski definition) is 0. The molecule has 1 saturated heterocycles. The smallest absolute Gasteiger partial charge is 0.272 e. The second-order valence-corrected chi connectivity index (χ2v) is 8.09. The maximum absolute atomic E-state index is 12.5. The molecule has 0 radical (unpaired) electrons. The molecule has 5 nitrogen and oxygen atoms in total. The Bertz CT molecular complexity index is 1040. The Kier molecular flexibility index (Phi) is 6.16. The van der Waals surface area contributed by atoms with Gasteiger partial charge in [0, 0.05) is 43.4 Å². The number of halogens is 1. The number of fused-ring (bicyclic) bond motifs is 1. The predicted octanol–water partition coefficient (Wildman–Crippen LogP) is 3.96. The van der Waals surface area contributed by atoms with E-state index in [1.165, 1.54) is 5.69 Å². The molecule has 1 fully saturated rings. The molecule has 0 spiro atoms. The van der Waals surface area contributed by atoms with Crippen molar-refractivity contribution in [3.05, 3.63) is 69.6 Å². The van der Waals surface area contributed by atoms with Gasteiger partial charge >= 0.3 is 0 Å². The van der Waals surface area contributed by atoms with Crippen LogP contribution in [0.2, 0.25) is 5.02 Å². The fourth-order valence-electron chi connectivity index (χ4n) is 4.05. The Morgan fingerprint density at radius 3 is 2.52 bits per heavy atom. The molecule has 29 heavy (non-hydrogen) atoms. The zero-order valence-corrected chi connectivity index (χ0v) is 17.6. The van der Waals surface area contributed by atoms with Crippen LogP contribution in [0.4, 0.5) is 5.69 Å². The van der Waals surface area contributed by atoms with Crippen LogP contribution in [0.15, 0.2) is 53.3 Å². The van der Waals surface area contributed by atoms with Gasteiger partial charge in [-0.2, -0.15) is 0 Å². The van der Waals surface area contributed by atoms with Gasteiger partial charge in [0.1, 0.15) is 5.69 Å². The average molecular weight is 411 g/mol. The quantitative estimate of drug-likeness (QED) is 0.577. The lowest BCUT2D eigenvalue weighted by molar-refractivity contribution is 0.251. The summed E-state index contributed by atoms with van der Waals surface area (Å²) in [6.45, 7) is 7.77. The van der Waals surface area contributed by atoms with E-state index in [0.29, 0.717) is 5.69 Å². The van der Waals surface area contributed by atoms with Crippen LogP contribution < -0.4 is 10.5 Å². The third-order valence-electron chi connectivity index (χ3n) is 5.67. The van der Waals surface area contributed by atoms with Crippen LogP contribution >= 0.6 is 11.6 Å². The van der Waals surface area contributed by atoms with Crippen LogP contribution in [0.3, 0.4) is 0 Å². The van der Waals surface area contributed by atoms with Crippen molar-refractivity contribution in [2.24, 2.45) is 0 Å². The highest BCUT2D eigenvalue weighted by atomic mass is 35.5. The van der Waals surface area contributed by atoms with Crippen LogP contribution in [0.1, 0.15) is 18.5 Å². The molecular formula is C23H27ClN4O. The summed E-state index contributed by atoms with van der Waals surface area (Å²) in [5.74, 6) is 0. The van der Waals surface area contributed by atoms with Crippen LogP contribution in [-0.2, 0) is 6.54 Å². The van der Waals surface area contributed by atoms with E-state index >= 15 is 0 Å². The molecular weight excluding hydrogens is 384 g/mol. The molecule has 1 aromatic heterocycles. The Morgan fingerprint density at radius 2 is 1.72 bits per heavy atom. The maximum atomic E-state index is 12.5. The van der Waals surface area contributed by atoms with Gasteiger partial charge in [0.05, 0.1) is 11.0 Å².